The monoisotopic (exact) mass is 261 g/mol. The molecule has 2 N–H and O–H groups in total. The van der Waals surface area contributed by atoms with Crippen LogP contribution in [0.4, 0.5) is 0 Å². The first-order valence-electron chi connectivity index (χ1n) is 7.01. The predicted molar refractivity (Wildman–Crippen MR) is 75.8 cm³/mol. The van der Waals surface area contributed by atoms with Gasteiger partial charge in [0, 0.05) is 19.3 Å². The lowest BCUT2D eigenvalue weighted by Gasteiger charge is -2.12. The molecule has 0 spiro atoms. The molecule has 0 aliphatic heterocycles. The summed E-state index contributed by atoms with van der Waals surface area (Å²) in [6.45, 7) is 8.04. The minimum Gasteiger partial charge on any atom is -0.322 e. The highest BCUT2D eigenvalue weighted by Gasteiger charge is 2.15. The largest absolute Gasteiger partial charge is 0.322 e. The Balaban J connectivity index is 2.14. The summed E-state index contributed by atoms with van der Waals surface area (Å²) in [6.07, 6.45) is 5.71. The second kappa shape index (κ2) is 6.02. The van der Waals surface area contributed by atoms with Crippen LogP contribution in [0.2, 0.25) is 0 Å². The lowest BCUT2D eigenvalue weighted by atomic mass is 10.1. The molecular weight excluding hydrogens is 238 g/mol. The topological polar surface area (TPSA) is 61.7 Å². The summed E-state index contributed by atoms with van der Waals surface area (Å²) < 4.78 is 3.93. The zero-order chi connectivity index (χ0) is 13.8. The second-order valence-electron chi connectivity index (χ2n) is 4.74. The van der Waals surface area contributed by atoms with Gasteiger partial charge < -0.3 is 5.73 Å². The second-order valence-corrected chi connectivity index (χ2v) is 4.74. The van der Waals surface area contributed by atoms with E-state index < -0.39 is 0 Å². The first-order chi connectivity index (χ1) is 9.17. The van der Waals surface area contributed by atoms with E-state index >= 15 is 0 Å². The quantitative estimate of drug-likeness (QED) is 0.864. The van der Waals surface area contributed by atoms with Crippen molar-refractivity contribution in [3.05, 3.63) is 35.4 Å². The van der Waals surface area contributed by atoms with Gasteiger partial charge in [-0.2, -0.15) is 10.2 Å². The van der Waals surface area contributed by atoms with Crippen molar-refractivity contribution >= 4 is 0 Å². The Morgan fingerprint density at radius 2 is 2.05 bits per heavy atom. The van der Waals surface area contributed by atoms with Crippen LogP contribution in [0, 0.1) is 0 Å². The van der Waals surface area contributed by atoms with Crippen LogP contribution in [0.15, 0.2) is 18.5 Å². The van der Waals surface area contributed by atoms with E-state index in [0.29, 0.717) is 0 Å². The fourth-order valence-electron chi connectivity index (χ4n) is 2.25. The minimum absolute atomic E-state index is 0.0257. The Bertz CT molecular complexity index is 526. The Kier molecular flexibility index (Phi) is 4.37. The van der Waals surface area contributed by atoms with Gasteiger partial charge in [-0.3, -0.25) is 9.36 Å². The standard InChI is InChI=1S/C14H23N5/c1-4-12-8-14(19(6-3)17-12)13(15)7-11-9-16-18(5-2)10-11/h8-10,13H,4-7,15H2,1-3H3. The molecule has 0 saturated heterocycles. The molecule has 1 atom stereocenters. The molecule has 0 aromatic carbocycles. The van der Waals surface area contributed by atoms with Crippen molar-refractivity contribution in [3.63, 3.8) is 0 Å². The third kappa shape index (κ3) is 3.04. The van der Waals surface area contributed by atoms with Crippen LogP contribution in [0.25, 0.3) is 0 Å². The number of rotatable bonds is 6. The molecule has 5 heteroatoms. The molecule has 2 rings (SSSR count). The van der Waals surface area contributed by atoms with E-state index in [1.54, 1.807) is 0 Å². The maximum Gasteiger partial charge on any atom is 0.0625 e. The fourth-order valence-corrected chi connectivity index (χ4v) is 2.25. The average Bonchev–Trinajstić information content (AvgIpc) is 3.04. The van der Waals surface area contributed by atoms with E-state index in [0.717, 1.165) is 37.3 Å². The molecule has 0 saturated carbocycles. The lowest BCUT2D eigenvalue weighted by molar-refractivity contribution is 0.564. The number of aryl methyl sites for hydroxylation is 3. The first kappa shape index (κ1) is 13.8. The SMILES string of the molecule is CCc1cc(C(N)Cc2cnn(CC)c2)n(CC)n1. The van der Waals surface area contributed by atoms with Gasteiger partial charge in [0.2, 0.25) is 0 Å². The number of aromatic nitrogens is 4. The highest BCUT2D eigenvalue weighted by Crippen LogP contribution is 2.17. The smallest absolute Gasteiger partial charge is 0.0625 e. The van der Waals surface area contributed by atoms with Crippen molar-refractivity contribution in [1.82, 2.24) is 19.6 Å². The maximum absolute atomic E-state index is 6.32. The van der Waals surface area contributed by atoms with Crippen molar-refractivity contribution in [2.24, 2.45) is 5.73 Å². The molecule has 1 unspecified atom stereocenters. The molecule has 0 fully saturated rings. The van der Waals surface area contributed by atoms with Crippen molar-refractivity contribution < 1.29 is 0 Å². The van der Waals surface area contributed by atoms with Crippen LogP contribution in [0.3, 0.4) is 0 Å². The van der Waals surface area contributed by atoms with E-state index in [1.165, 1.54) is 5.56 Å². The summed E-state index contributed by atoms with van der Waals surface area (Å²) in [5, 5.41) is 8.83. The predicted octanol–water partition coefficient (Wildman–Crippen LogP) is 1.92. The van der Waals surface area contributed by atoms with E-state index in [4.69, 9.17) is 5.73 Å². The Morgan fingerprint density at radius 3 is 2.63 bits per heavy atom. The summed E-state index contributed by atoms with van der Waals surface area (Å²) >= 11 is 0. The van der Waals surface area contributed by atoms with Gasteiger partial charge in [0.25, 0.3) is 0 Å². The lowest BCUT2D eigenvalue weighted by Crippen LogP contribution is -2.18. The Morgan fingerprint density at radius 1 is 1.26 bits per heavy atom. The number of nitrogens with two attached hydrogens (primary N) is 1. The van der Waals surface area contributed by atoms with Crippen molar-refractivity contribution in [2.75, 3.05) is 0 Å². The van der Waals surface area contributed by atoms with Crippen molar-refractivity contribution in [2.45, 2.75) is 52.7 Å². The first-order valence-corrected chi connectivity index (χ1v) is 7.01. The summed E-state index contributed by atoms with van der Waals surface area (Å²) in [7, 11) is 0. The summed E-state index contributed by atoms with van der Waals surface area (Å²) in [5.41, 5.74) is 9.72. The molecule has 0 aliphatic carbocycles. The van der Waals surface area contributed by atoms with Gasteiger partial charge in [-0.05, 0) is 38.3 Å². The van der Waals surface area contributed by atoms with Crippen LogP contribution in [-0.2, 0) is 25.9 Å². The van der Waals surface area contributed by atoms with E-state index in [2.05, 4.69) is 43.2 Å². The number of hydrogen-bond acceptors (Lipinski definition) is 3. The Labute approximate surface area is 114 Å². The zero-order valence-electron chi connectivity index (χ0n) is 12.0. The molecule has 0 amide bonds. The van der Waals surface area contributed by atoms with Crippen molar-refractivity contribution in [1.29, 1.82) is 0 Å². The van der Waals surface area contributed by atoms with Crippen LogP contribution in [0.1, 0.15) is 43.8 Å². The van der Waals surface area contributed by atoms with Crippen LogP contribution >= 0.6 is 0 Å². The fraction of sp³-hybridized carbons (Fsp3) is 0.571. The van der Waals surface area contributed by atoms with E-state index in [9.17, 15) is 0 Å². The molecule has 19 heavy (non-hydrogen) atoms. The molecule has 104 valence electrons. The molecule has 0 aliphatic rings. The van der Waals surface area contributed by atoms with Gasteiger partial charge in [0.15, 0.2) is 0 Å². The van der Waals surface area contributed by atoms with Gasteiger partial charge >= 0.3 is 0 Å². The van der Waals surface area contributed by atoms with Crippen LogP contribution < -0.4 is 5.73 Å². The third-order valence-electron chi connectivity index (χ3n) is 3.37. The number of nitrogens with zero attached hydrogens (tertiary/aromatic N) is 4. The molecule has 0 bridgehead atoms. The highest BCUT2D eigenvalue weighted by molar-refractivity contribution is 5.17. The molecule has 2 heterocycles. The van der Waals surface area contributed by atoms with Gasteiger partial charge in [-0.25, -0.2) is 0 Å². The number of hydrogen-bond donors (Lipinski definition) is 1. The van der Waals surface area contributed by atoms with Gasteiger partial charge in [0.1, 0.15) is 0 Å². The normalized spacial score (nSPS) is 12.8. The molecule has 2 aromatic rings. The summed E-state index contributed by atoms with van der Waals surface area (Å²) in [6, 6.07) is 2.10. The molecule has 2 aromatic heterocycles. The highest BCUT2D eigenvalue weighted by atomic mass is 15.3. The van der Waals surface area contributed by atoms with Crippen LogP contribution in [0.5, 0.6) is 0 Å². The van der Waals surface area contributed by atoms with Gasteiger partial charge in [-0.1, -0.05) is 6.92 Å². The molecule has 0 radical (unpaired) electrons. The molecular formula is C14H23N5. The Hall–Kier alpha value is -1.62. The molecule has 5 nitrogen and oxygen atoms in total. The van der Waals surface area contributed by atoms with Gasteiger partial charge in [-0.15, -0.1) is 0 Å². The van der Waals surface area contributed by atoms with E-state index in [1.807, 2.05) is 15.6 Å². The van der Waals surface area contributed by atoms with Crippen LogP contribution in [-0.4, -0.2) is 19.6 Å². The van der Waals surface area contributed by atoms with E-state index in [-0.39, 0.29) is 6.04 Å². The average molecular weight is 261 g/mol. The maximum atomic E-state index is 6.32. The summed E-state index contributed by atoms with van der Waals surface area (Å²) in [4.78, 5) is 0. The van der Waals surface area contributed by atoms with Crippen molar-refractivity contribution in [3.8, 4) is 0 Å². The minimum atomic E-state index is -0.0257. The zero-order valence-corrected chi connectivity index (χ0v) is 12.0. The summed E-state index contributed by atoms with van der Waals surface area (Å²) in [5.74, 6) is 0. The third-order valence-corrected chi connectivity index (χ3v) is 3.37. The van der Waals surface area contributed by atoms with Gasteiger partial charge in [0.05, 0.1) is 23.6 Å².